The molecule has 0 atom stereocenters. The van der Waals surface area contributed by atoms with Crippen LogP contribution in [0, 0.1) is 6.92 Å². The third-order valence-electron chi connectivity index (χ3n) is 4.38. The number of thioether (sulfide) groups is 1. The van der Waals surface area contributed by atoms with Crippen LogP contribution in [0.3, 0.4) is 0 Å². The number of aryl methyl sites for hydroxylation is 1. The zero-order valence-corrected chi connectivity index (χ0v) is 17.7. The molecule has 2 aromatic carbocycles. The summed E-state index contributed by atoms with van der Waals surface area (Å²) in [5.41, 5.74) is 2.65. The van der Waals surface area contributed by atoms with E-state index in [1.54, 1.807) is 18.4 Å². The van der Waals surface area contributed by atoms with Gasteiger partial charge in [-0.2, -0.15) is 0 Å². The lowest BCUT2D eigenvalue weighted by Gasteiger charge is -2.14. The minimum atomic E-state index is 0.0547. The lowest BCUT2D eigenvalue weighted by Crippen LogP contribution is -2.06. The molecule has 0 unspecified atom stereocenters. The summed E-state index contributed by atoms with van der Waals surface area (Å²) < 4.78 is 7.57. The second kappa shape index (κ2) is 8.63. The summed E-state index contributed by atoms with van der Waals surface area (Å²) in [5.74, 6) is 1.79. The quantitative estimate of drug-likeness (QED) is 0.300. The number of hydrogen-bond donors (Lipinski definition) is 0. The molecular weight excluding hydrogens is 402 g/mol. The van der Waals surface area contributed by atoms with Gasteiger partial charge in [-0.25, -0.2) is 0 Å². The van der Waals surface area contributed by atoms with Crippen molar-refractivity contribution >= 4 is 28.9 Å². The van der Waals surface area contributed by atoms with Crippen molar-refractivity contribution in [1.29, 1.82) is 0 Å². The Kier molecular flexibility index (Phi) is 5.78. The molecule has 0 amide bonds. The van der Waals surface area contributed by atoms with Crippen molar-refractivity contribution in [3.05, 3.63) is 77.2 Å². The number of benzene rings is 2. The molecule has 0 aliphatic rings. The van der Waals surface area contributed by atoms with Crippen molar-refractivity contribution in [2.45, 2.75) is 12.1 Å². The monoisotopic (exact) mass is 421 g/mol. The number of rotatable bonds is 7. The number of ketones is 1. The molecule has 0 spiro atoms. The van der Waals surface area contributed by atoms with E-state index in [2.05, 4.69) is 10.2 Å². The number of ether oxygens (including phenoxy) is 1. The molecule has 7 heteroatoms. The predicted molar refractivity (Wildman–Crippen MR) is 117 cm³/mol. The Morgan fingerprint density at radius 3 is 2.66 bits per heavy atom. The predicted octanol–water partition coefficient (Wildman–Crippen LogP) is 5.29. The Balaban J connectivity index is 1.74. The van der Waals surface area contributed by atoms with E-state index in [0.29, 0.717) is 10.7 Å². The van der Waals surface area contributed by atoms with Gasteiger partial charge in [0, 0.05) is 5.56 Å². The molecule has 0 fully saturated rings. The Bertz CT molecular complexity index is 1120. The summed E-state index contributed by atoms with van der Waals surface area (Å²) in [7, 11) is 1.65. The number of Topliss-reactive ketones (excluding diaryl/α,β-unsaturated/α-hetero) is 1. The van der Waals surface area contributed by atoms with Crippen molar-refractivity contribution in [1.82, 2.24) is 14.8 Å². The van der Waals surface area contributed by atoms with Crippen molar-refractivity contribution in [3.63, 3.8) is 0 Å². The van der Waals surface area contributed by atoms with Gasteiger partial charge in [0.05, 0.1) is 23.4 Å². The molecule has 4 aromatic rings. The van der Waals surface area contributed by atoms with Gasteiger partial charge in [0.15, 0.2) is 16.8 Å². The molecule has 0 aliphatic carbocycles. The highest BCUT2D eigenvalue weighted by molar-refractivity contribution is 7.99. The second-order valence-corrected chi connectivity index (χ2v) is 8.26. The molecule has 0 bridgehead atoms. The normalized spacial score (nSPS) is 10.8. The van der Waals surface area contributed by atoms with Crippen molar-refractivity contribution < 1.29 is 9.53 Å². The highest BCUT2D eigenvalue weighted by Gasteiger charge is 2.20. The molecule has 0 aliphatic heterocycles. The Morgan fingerprint density at radius 1 is 1.10 bits per heavy atom. The average Bonchev–Trinajstić information content (AvgIpc) is 3.42. The zero-order chi connectivity index (χ0) is 20.2. The Labute approximate surface area is 177 Å². The SMILES string of the molecule is COc1ccc(C)cc1-n1c(SCC(=O)c2ccccc2)nnc1-c1cccs1. The Hall–Kier alpha value is -2.90. The van der Waals surface area contributed by atoms with E-state index in [0.717, 1.165) is 27.7 Å². The van der Waals surface area contributed by atoms with Gasteiger partial charge < -0.3 is 4.74 Å². The fourth-order valence-corrected chi connectivity index (χ4v) is 4.50. The van der Waals surface area contributed by atoms with Crippen LogP contribution in [-0.4, -0.2) is 33.4 Å². The smallest absolute Gasteiger partial charge is 0.196 e. The van der Waals surface area contributed by atoms with E-state index in [9.17, 15) is 4.79 Å². The minimum absolute atomic E-state index is 0.0547. The number of aromatic nitrogens is 3. The first kappa shape index (κ1) is 19.4. The van der Waals surface area contributed by atoms with Gasteiger partial charge in [0.2, 0.25) is 0 Å². The molecule has 0 radical (unpaired) electrons. The standard InChI is InChI=1S/C22H19N3O2S2/c1-15-10-11-19(27-2)17(13-15)25-21(20-9-6-12-28-20)23-24-22(25)29-14-18(26)16-7-4-3-5-8-16/h3-13H,14H2,1-2H3. The number of methoxy groups -OCH3 is 1. The highest BCUT2D eigenvalue weighted by Crippen LogP contribution is 2.34. The summed E-state index contributed by atoms with van der Waals surface area (Å²) in [4.78, 5) is 13.6. The molecule has 0 N–H and O–H groups in total. The number of carbonyl (C=O) groups excluding carboxylic acids is 1. The highest BCUT2D eigenvalue weighted by atomic mass is 32.2. The molecule has 146 valence electrons. The second-order valence-electron chi connectivity index (χ2n) is 6.37. The van der Waals surface area contributed by atoms with Crippen LogP contribution in [-0.2, 0) is 0 Å². The largest absolute Gasteiger partial charge is 0.495 e. The molecule has 0 saturated carbocycles. The van der Waals surface area contributed by atoms with Crippen LogP contribution in [0.2, 0.25) is 0 Å². The van der Waals surface area contributed by atoms with Gasteiger partial charge >= 0.3 is 0 Å². The van der Waals surface area contributed by atoms with E-state index in [1.807, 2.05) is 77.5 Å². The van der Waals surface area contributed by atoms with Crippen LogP contribution in [0.1, 0.15) is 15.9 Å². The molecule has 5 nitrogen and oxygen atoms in total. The molecule has 0 saturated heterocycles. The van der Waals surface area contributed by atoms with Crippen LogP contribution in [0.15, 0.2) is 71.2 Å². The van der Waals surface area contributed by atoms with Crippen LogP contribution < -0.4 is 4.74 Å². The fourth-order valence-electron chi connectivity index (χ4n) is 2.96. The summed E-state index contributed by atoms with van der Waals surface area (Å²) in [6, 6.07) is 19.3. The maximum absolute atomic E-state index is 12.6. The van der Waals surface area contributed by atoms with Gasteiger partial charge in [0.25, 0.3) is 0 Å². The summed E-state index contributed by atoms with van der Waals surface area (Å²) in [6.45, 7) is 2.03. The first-order chi connectivity index (χ1) is 14.2. The summed E-state index contributed by atoms with van der Waals surface area (Å²) in [5, 5.41) is 11.5. The van der Waals surface area contributed by atoms with E-state index in [-0.39, 0.29) is 11.5 Å². The molecule has 4 rings (SSSR count). The van der Waals surface area contributed by atoms with Crippen molar-refractivity contribution in [2.24, 2.45) is 0 Å². The molecule has 29 heavy (non-hydrogen) atoms. The van der Waals surface area contributed by atoms with Gasteiger partial charge in [-0.05, 0) is 36.1 Å². The van der Waals surface area contributed by atoms with Gasteiger partial charge in [-0.3, -0.25) is 9.36 Å². The van der Waals surface area contributed by atoms with Crippen LogP contribution in [0.5, 0.6) is 5.75 Å². The maximum Gasteiger partial charge on any atom is 0.196 e. The van der Waals surface area contributed by atoms with Gasteiger partial charge in [0.1, 0.15) is 5.75 Å². The molecular formula is C22H19N3O2S2. The fraction of sp³-hybridized carbons (Fsp3) is 0.136. The number of hydrogen-bond acceptors (Lipinski definition) is 6. The number of thiophene rings is 1. The lowest BCUT2D eigenvalue weighted by atomic mass is 10.2. The topological polar surface area (TPSA) is 57.0 Å². The van der Waals surface area contributed by atoms with E-state index in [4.69, 9.17) is 4.74 Å². The van der Waals surface area contributed by atoms with Gasteiger partial charge in [-0.1, -0.05) is 54.2 Å². The average molecular weight is 422 g/mol. The third kappa shape index (κ3) is 4.11. The maximum atomic E-state index is 12.6. The third-order valence-corrected chi connectivity index (χ3v) is 6.17. The summed E-state index contributed by atoms with van der Waals surface area (Å²) >= 11 is 2.97. The molecule has 2 aromatic heterocycles. The minimum Gasteiger partial charge on any atom is -0.495 e. The first-order valence-electron chi connectivity index (χ1n) is 9.02. The van der Waals surface area contributed by atoms with Gasteiger partial charge in [-0.15, -0.1) is 21.5 Å². The first-order valence-corrected chi connectivity index (χ1v) is 10.9. The number of nitrogens with zero attached hydrogens (tertiary/aromatic N) is 3. The lowest BCUT2D eigenvalue weighted by molar-refractivity contribution is 0.102. The van der Waals surface area contributed by atoms with E-state index >= 15 is 0 Å². The van der Waals surface area contributed by atoms with Crippen LogP contribution in [0.4, 0.5) is 0 Å². The van der Waals surface area contributed by atoms with E-state index < -0.39 is 0 Å². The van der Waals surface area contributed by atoms with E-state index in [1.165, 1.54) is 11.8 Å². The van der Waals surface area contributed by atoms with Crippen molar-refractivity contribution in [3.8, 4) is 22.1 Å². The van der Waals surface area contributed by atoms with Crippen LogP contribution in [0.25, 0.3) is 16.4 Å². The van der Waals surface area contributed by atoms with Crippen LogP contribution >= 0.6 is 23.1 Å². The number of carbonyl (C=O) groups is 1. The zero-order valence-electron chi connectivity index (χ0n) is 16.0. The summed E-state index contributed by atoms with van der Waals surface area (Å²) in [6.07, 6.45) is 0. The molecule has 2 heterocycles. The Morgan fingerprint density at radius 2 is 1.93 bits per heavy atom. The van der Waals surface area contributed by atoms with Crippen molar-refractivity contribution in [2.75, 3.05) is 12.9 Å².